The molecule has 0 aliphatic rings. The molecule has 14 nitrogen and oxygen atoms in total. The number of ether oxygens (including phenoxy) is 6. The molecule has 0 spiro atoms. The van der Waals surface area contributed by atoms with Crippen molar-refractivity contribution in [3.8, 4) is 0 Å². The van der Waals surface area contributed by atoms with Gasteiger partial charge in [-0.25, -0.2) is 10.1 Å². The Hall–Kier alpha value is -7.99. The second-order valence-corrected chi connectivity index (χ2v) is 19.0. The van der Waals surface area contributed by atoms with E-state index in [2.05, 4.69) is 0 Å². The lowest BCUT2D eigenvalue weighted by molar-refractivity contribution is -0.211. The summed E-state index contributed by atoms with van der Waals surface area (Å²) < 4.78 is 37.8. The van der Waals surface area contributed by atoms with Gasteiger partial charge in [0.2, 0.25) is 12.8 Å². The number of carbonyl (C=O) groups excluding carboxylic acids is 3. The highest BCUT2D eigenvalue weighted by Gasteiger charge is 2.36. The molecule has 14 heteroatoms. The first-order valence-electron chi connectivity index (χ1n) is 27.3. The van der Waals surface area contributed by atoms with Crippen LogP contribution in [0.15, 0.2) is 243 Å². The van der Waals surface area contributed by atoms with E-state index in [4.69, 9.17) is 38.1 Å². The minimum absolute atomic E-state index is 0.0155. The molecule has 426 valence electrons. The second-order valence-electron chi connectivity index (χ2n) is 19.0. The lowest BCUT2D eigenvalue weighted by Gasteiger charge is -2.34. The Morgan fingerprint density at radius 3 is 0.829 bits per heavy atom. The molecule has 8 aromatic rings. The molecule has 8 aromatic carbocycles. The Morgan fingerprint density at radius 1 is 0.305 bits per heavy atom. The predicted octanol–water partition coefficient (Wildman–Crippen LogP) is 10.9. The average molecular weight is 1110 g/mol. The lowest BCUT2D eigenvalue weighted by atomic mass is 10.1. The fourth-order valence-corrected chi connectivity index (χ4v) is 8.54. The van der Waals surface area contributed by atoms with Crippen molar-refractivity contribution >= 4 is 19.1 Å². The highest BCUT2D eigenvalue weighted by atomic mass is 16.7. The topological polar surface area (TPSA) is 152 Å². The van der Waals surface area contributed by atoms with Gasteiger partial charge in [-0.15, -0.1) is 0 Å². The maximum Gasteiger partial charge on any atom is 0.233 e. The maximum atomic E-state index is 12.4. The normalized spacial score (nSPS) is 13.2. The molecular weight excluding hydrogens is 1040 g/mol. The summed E-state index contributed by atoms with van der Waals surface area (Å²) >= 11 is 0. The van der Waals surface area contributed by atoms with E-state index < -0.39 is 36.6 Å². The van der Waals surface area contributed by atoms with Crippen LogP contribution in [0, 0.1) is 0 Å². The Balaban J connectivity index is 0.000000236. The summed E-state index contributed by atoms with van der Waals surface area (Å²) in [6.07, 6.45) is -2.75. The number of aliphatic hydroxyl groups excluding tert-OH is 1. The number of rotatable bonds is 36. The van der Waals surface area contributed by atoms with Crippen LogP contribution >= 0.6 is 0 Å². The first kappa shape index (κ1) is 61.6. The monoisotopic (exact) mass is 1110 g/mol. The van der Waals surface area contributed by atoms with E-state index in [1.807, 2.05) is 243 Å². The number of hydrogen-bond acceptors (Lipinski definition) is 12. The van der Waals surface area contributed by atoms with Gasteiger partial charge < -0.3 is 38.3 Å². The maximum absolute atomic E-state index is 12.4. The average Bonchev–Trinajstić information content (AvgIpc) is 3.58. The van der Waals surface area contributed by atoms with Gasteiger partial charge in [0.25, 0.3) is 0 Å². The zero-order chi connectivity index (χ0) is 57.1. The summed E-state index contributed by atoms with van der Waals surface area (Å²) in [7, 11) is 0. The zero-order valence-electron chi connectivity index (χ0n) is 45.9. The van der Waals surface area contributed by atoms with Crippen LogP contribution in [0.5, 0.6) is 0 Å². The van der Waals surface area contributed by atoms with Gasteiger partial charge in [0, 0.05) is 0 Å². The van der Waals surface area contributed by atoms with Gasteiger partial charge in [-0.1, -0.05) is 243 Å². The van der Waals surface area contributed by atoms with Crippen molar-refractivity contribution in [3.05, 3.63) is 287 Å². The van der Waals surface area contributed by atoms with Crippen LogP contribution in [-0.4, -0.2) is 90.7 Å². The fourth-order valence-electron chi connectivity index (χ4n) is 8.54. The zero-order valence-corrected chi connectivity index (χ0v) is 45.9. The third-order valence-corrected chi connectivity index (χ3v) is 12.9. The summed E-state index contributed by atoms with van der Waals surface area (Å²) in [5.74, 6) is 0. The number of hydroxylamine groups is 4. The first-order chi connectivity index (χ1) is 40.5. The molecule has 0 aliphatic heterocycles. The van der Waals surface area contributed by atoms with Crippen molar-refractivity contribution in [2.24, 2.45) is 0 Å². The van der Waals surface area contributed by atoms with Crippen LogP contribution in [0.3, 0.4) is 0 Å². The van der Waals surface area contributed by atoms with E-state index in [0.717, 1.165) is 50.8 Å². The highest BCUT2D eigenvalue weighted by molar-refractivity contribution is 5.57. The minimum Gasteiger partial charge on any atom is -0.394 e. The molecule has 2 amide bonds. The van der Waals surface area contributed by atoms with Crippen molar-refractivity contribution in [3.63, 3.8) is 0 Å². The number of hydrogen-bond donors (Lipinski definition) is 1. The van der Waals surface area contributed by atoms with Gasteiger partial charge in [0.05, 0.1) is 59.3 Å². The van der Waals surface area contributed by atoms with Gasteiger partial charge >= 0.3 is 0 Å². The Morgan fingerprint density at radius 2 is 0.549 bits per heavy atom. The molecule has 8 rings (SSSR count). The molecule has 6 atom stereocenters. The summed E-state index contributed by atoms with van der Waals surface area (Å²) in [5.41, 5.74) is 7.53. The van der Waals surface area contributed by atoms with E-state index in [9.17, 15) is 19.5 Å². The van der Waals surface area contributed by atoms with Gasteiger partial charge in [-0.2, -0.15) is 0 Å². The van der Waals surface area contributed by atoms with Gasteiger partial charge in [-0.3, -0.25) is 19.3 Å². The van der Waals surface area contributed by atoms with Crippen LogP contribution in [0.25, 0.3) is 0 Å². The van der Waals surface area contributed by atoms with Crippen molar-refractivity contribution in [2.75, 3.05) is 19.7 Å². The molecule has 0 saturated carbocycles. The Labute approximate surface area is 481 Å². The molecule has 82 heavy (non-hydrogen) atoms. The van der Waals surface area contributed by atoms with Crippen LogP contribution in [0.4, 0.5) is 0 Å². The molecule has 0 saturated heterocycles. The summed E-state index contributed by atoms with van der Waals surface area (Å²) in [5, 5.41) is 12.9. The number of aldehydes is 1. The molecular formula is C68H72N2O12. The van der Waals surface area contributed by atoms with Crippen molar-refractivity contribution in [1.29, 1.82) is 0 Å². The van der Waals surface area contributed by atoms with E-state index in [-0.39, 0.29) is 72.6 Å². The Kier molecular flexibility index (Phi) is 27.3. The molecule has 0 radical (unpaired) electrons. The quantitative estimate of drug-likeness (QED) is 0.0294. The number of carbonyl (C=O) groups is 3. The summed E-state index contributed by atoms with van der Waals surface area (Å²) in [6.45, 7) is 1.70. The van der Waals surface area contributed by atoms with Crippen LogP contribution in [0.2, 0.25) is 0 Å². The van der Waals surface area contributed by atoms with E-state index in [1.165, 1.54) is 10.1 Å². The standard InChI is InChI=1S/C34H37NO6.C34H35NO6/c2*36-22-33(39-24-29-15-7-2-8-16-29)34(40-25-30-17-9-3-10-18-30)32(38-23-28-13-5-1-6-14-28)21-35(27-37)41-26-31-19-11-4-12-20-31/h1-20,27,32-34,36H,21-26H2;1-20,22,27,32-34H,21,23-26H2/t2*32-,33+,34-/m00/s1. The van der Waals surface area contributed by atoms with Crippen molar-refractivity contribution in [1.82, 2.24) is 10.1 Å². The Bertz CT molecular complexity index is 2920. The van der Waals surface area contributed by atoms with E-state index >= 15 is 0 Å². The minimum atomic E-state index is -0.970. The summed E-state index contributed by atoms with van der Waals surface area (Å²) in [6, 6.07) is 77.4. The molecule has 0 heterocycles. The second kappa shape index (κ2) is 36.4. The molecule has 0 fully saturated rings. The molecule has 1 N–H and O–H groups in total. The largest absolute Gasteiger partial charge is 0.394 e. The third kappa shape index (κ3) is 22.2. The molecule has 0 unspecified atom stereocenters. The molecule has 0 aliphatic carbocycles. The third-order valence-electron chi connectivity index (χ3n) is 12.9. The first-order valence-corrected chi connectivity index (χ1v) is 27.3. The smallest absolute Gasteiger partial charge is 0.233 e. The summed E-state index contributed by atoms with van der Waals surface area (Å²) in [4.78, 5) is 48.3. The van der Waals surface area contributed by atoms with Crippen LogP contribution in [-0.2, 0) is 105 Å². The number of benzene rings is 8. The number of aliphatic hydroxyl groups is 1. The van der Waals surface area contributed by atoms with Gasteiger partial charge in [-0.05, 0) is 44.5 Å². The van der Waals surface area contributed by atoms with Crippen LogP contribution in [0.1, 0.15) is 44.5 Å². The fraction of sp³-hybridized carbons (Fsp3) is 0.250. The SMILES string of the molecule is O=CN(C[C@H](OCc1ccccc1)[C@H](OCc1ccccc1)[C@@H](CO)OCc1ccccc1)OCc1ccccc1.O=C[C@@H](OCc1ccccc1)[C@@H](OCc1ccccc1)[C@H](CN(C=O)OCc1ccccc1)OCc1ccccc1. The van der Waals surface area contributed by atoms with E-state index in [0.29, 0.717) is 12.8 Å². The highest BCUT2D eigenvalue weighted by Crippen LogP contribution is 2.22. The van der Waals surface area contributed by atoms with Crippen molar-refractivity contribution in [2.45, 2.75) is 89.5 Å². The van der Waals surface area contributed by atoms with Gasteiger partial charge in [0.1, 0.15) is 49.8 Å². The van der Waals surface area contributed by atoms with Crippen molar-refractivity contribution < 1.29 is 57.6 Å². The van der Waals surface area contributed by atoms with E-state index in [1.54, 1.807) is 0 Å². The van der Waals surface area contributed by atoms with Gasteiger partial charge in [0.15, 0.2) is 6.29 Å². The predicted molar refractivity (Wildman–Crippen MR) is 311 cm³/mol. The number of nitrogens with zero attached hydrogens (tertiary/aromatic N) is 2. The lowest BCUT2D eigenvalue weighted by Crippen LogP contribution is -2.49. The number of amides is 2. The molecule has 0 aromatic heterocycles. The molecule has 0 bridgehead atoms. The van der Waals surface area contributed by atoms with Crippen LogP contribution < -0.4 is 0 Å².